The lowest BCUT2D eigenvalue weighted by Gasteiger charge is -2.13. The minimum atomic E-state index is -0.201. The summed E-state index contributed by atoms with van der Waals surface area (Å²) in [4.78, 5) is 25.1. The number of likely N-dealkylation sites (N-methyl/N-ethyl adjacent to an activating group) is 1. The van der Waals surface area contributed by atoms with Gasteiger partial charge in [-0.05, 0) is 25.0 Å². The topological polar surface area (TPSA) is 58.1 Å². The molecule has 1 aromatic carbocycles. The number of nitrogens with one attached hydrogen (secondary N) is 1. The molecule has 24 heavy (non-hydrogen) atoms. The molecule has 1 atom stereocenters. The van der Waals surface area contributed by atoms with Gasteiger partial charge in [-0.2, -0.15) is 0 Å². The van der Waals surface area contributed by atoms with Gasteiger partial charge < -0.3 is 10.2 Å². The molecule has 6 heteroatoms. The van der Waals surface area contributed by atoms with Crippen molar-refractivity contribution in [3.63, 3.8) is 0 Å². The quantitative estimate of drug-likeness (QED) is 0.796. The lowest BCUT2D eigenvalue weighted by molar-refractivity contribution is -0.127. The largest absolute Gasteiger partial charge is 0.358 e. The van der Waals surface area contributed by atoms with Crippen molar-refractivity contribution < 1.29 is 4.79 Å². The molecular formula is C18H18N4OS. The van der Waals surface area contributed by atoms with Gasteiger partial charge in [0.05, 0.1) is 5.39 Å². The standard InChI is InChI=1S/C18H18N4OS/c1-11-19-16(21-14-8-9-22(2)18(14)23)13-10-15(24-17(13)20-11)12-6-4-3-5-7-12/h3-7,10,14H,8-9H2,1-2H3,(H,19,20,21). The maximum atomic E-state index is 12.2. The first-order valence-corrected chi connectivity index (χ1v) is 8.78. The van der Waals surface area contributed by atoms with E-state index in [-0.39, 0.29) is 11.9 Å². The normalized spacial score (nSPS) is 17.7. The minimum absolute atomic E-state index is 0.123. The fourth-order valence-electron chi connectivity index (χ4n) is 3.00. The van der Waals surface area contributed by atoms with Gasteiger partial charge >= 0.3 is 0 Å². The van der Waals surface area contributed by atoms with Gasteiger partial charge in [-0.3, -0.25) is 4.79 Å². The first kappa shape index (κ1) is 15.1. The maximum Gasteiger partial charge on any atom is 0.244 e. The highest BCUT2D eigenvalue weighted by Crippen LogP contribution is 2.35. The fraction of sp³-hybridized carbons (Fsp3) is 0.278. The highest BCUT2D eigenvalue weighted by molar-refractivity contribution is 7.21. The summed E-state index contributed by atoms with van der Waals surface area (Å²) in [6.07, 6.45) is 0.801. The van der Waals surface area contributed by atoms with E-state index in [0.717, 1.165) is 33.9 Å². The van der Waals surface area contributed by atoms with Crippen LogP contribution in [0.15, 0.2) is 36.4 Å². The number of aryl methyl sites for hydroxylation is 1. The Kier molecular flexibility index (Phi) is 3.69. The van der Waals surface area contributed by atoms with E-state index in [9.17, 15) is 4.79 Å². The third-order valence-corrected chi connectivity index (χ3v) is 5.38. The number of hydrogen-bond acceptors (Lipinski definition) is 5. The van der Waals surface area contributed by atoms with Crippen molar-refractivity contribution >= 4 is 33.3 Å². The summed E-state index contributed by atoms with van der Waals surface area (Å²) < 4.78 is 0. The van der Waals surface area contributed by atoms with Crippen LogP contribution in [0.1, 0.15) is 12.2 Å². The molecule has 1 unspecified atom stereocenters. The van der Waals surface area contributed by atoms with E-state index in [1.165, 1.54) is 5.56 Å². The summed E-state index contributed by atoms with van der Waals surface area (Å²) in [6.45, 7) is 2.66. The molecule has 1 N–H and O–H groups in total. The summed E-state index contributed by atoms with van der Waals surface area (Å²) in [5.74, 6) is 1.59. The molecule has 3 heterocycles. The van der Waals surface area contributed by atoms with Crippen molar-refractivity contribution in [3.05, 3.63) is 42.2 Å². The molecule has 0 saturated carbocycles. The van der Waals surface area contributed by atoms with Crippen molar-refractivity contribution in [2.24, 2.45) is 0 Å². The second-order valence-electron chi connectivity index (χ2n) is 6.06. The first-order chi connectivity index (χ1) is 11.6. The molecular weight excluding hydrogens is 320 g/mol. The molecule has 1 amide bonds. The lowest BCUT2D eigenvalue weighted by atomic mass is 10.2. The number of amides is 1. The molecule has 4 rings (SSSR count). The Balaban J connectivity index is 1.75. The molecule has 0 aliphatic carbocycles. The minimum Gasteiger partial charge on any atom is -0.358 e. The maximum absolute atomic E-state index is 12.2. The number of fused-ring (bicyclic) bond motifs is 1. The number of hydrogen-bond donors (Lipinski definition) is 1. The zero-order valence-corrected chi connectivity index (χ0v) is 14.4. The Morgan fingerprint density at radius 1 is 1.25 bits per heavy atom. The van der Waals surface area contributed by atoms with E-state index < -0.39 is 0 Å². The Labute approximate surface area is 144 Å². The van der Waals surface area contributed by atoms with Crippen LogP contribution in [0.25, 0.3) is 20.7 Å². The molecule has 0 spiro atoms. The predicted molar refractivity (Wildman–Crippen MR) is 97.3 cm³/mol. The molecule has 3 aromatic rings. The van der Waals surface area contributed by atoms with Gasteiger partial charge in [-0.15, -0.1) is 11.3 Å². The van der Waals surface area contributed by atoms with Crippen LogP contribution in [0.3, 0.4) is 0 Å². The number of anilines is 1. The van der Waals surface area contributed by atoms with Crippen molar-refractivity contribution in [1.29, 1.82) is 0 Å². The number of aromatic nitrogens is 2. The van der Waals surface area contributed by atoms with Crippen molar-refractivity contribution in [1.82, 2.24) is 14.9 Å². The van der Waals surface area contributed by atoms with Gasteiger partial charge in [0.25, 0.3) is 0 Å². The van der Waals surface area contributed by atoms with Crippen LogP contribution in [0.2, 0.25) is 0 Å². The molecule has 5 nitrogen and oxygen atoms in total. The van der Waals surface area contributed by atoms with Crippen LogP contribution in [0, 0.1) is 6.92 Å². The van der Waals surface area contributed by atoms with Crippen molar-refractivity contribution in [3.8, 4) is 10.4 Å². The predicted octanol–water partition coefficient (Wildman–Crippen LogP) is 3.31. The van der Waals surface area contributed by atoms with Crippen LogP contribution in [-0.2, 0) is 4.79 Å². The summed E-state index contributed by atoms with van der Waals surface area (Å²) >= 11 is 1.65. The van der Waals surface area contributed by atoms with Gasteiger partial charge in [0, 0.05) is 18.5 Å². The number of nitrogens with zero attached hydrogens (tertiary/aromatic N) is 3. The molecule has 1 fully saturated rings. The number of likely N-dealkylation sites (tertiary alicyclic amines) is 1. The van der Waals surface area contributed by atoms with Crippen LogP contribution in [-0.4, -0.2) is 40.4 Å². The SMILES string of the molecule is Cc1nc(NC2CCN(C)C2=O)c2cc(-c3ccccc3)sc2n1. The second kappa shape index (κ2) is 5.87. The molecule has 1 aliphatic rings. The fourth-order valence-corrected chi connectivity index (χ4v) is 4.09. The molecule has 122 valence electrons. The van der Waals surface area contributed by atoms with E-state index in [0.29, 0.717) is 5.82 Å². The number of rotatable bonds is 3. The van der Waals surface area contributed by atoms with Crippen LogP contribution >= 0.6 is 11.3 Å². The summed E-state index contributed by atoms with van der Waals surface area (Å²) in [7, 11) is 1.84. The number of carbonyl (C=O) groups excluding carboxylic acids is 1. The lowest BCUT2D eigenvalue weighted by Crippen LogP contribution is -2.31. The van der Waals surface area contributed by atoms with Gasteiger partial charge in [0.15, 0.2) is 0 Å². The number of carbonyl (C=O) groups is 1. The van der Waals surface area contributed by atoms with E-state index in [1.807, 2.05) is 32.2 Å². The second-order valence-corrected chi connectivity index (χ2v) is 7.09. The van der Waals surface area contributed by atoms with Crippen LogP contribution in [0.4, 0.5) is 5.82 Å². The Hall–Kier alpha value is -2.47. The Bertz CT molecular complexity index is 906. The zero-order valence-electron chi connectivity index (χ0n) is 13.6. The van der Waals surface area contributed by atoms with E-state index in [1.54, 1.807) is 16.2 Å². The number of thiophene rings is 1. The summed E-state index contributed by atoms with van der Waals surface area (Å²) in [5.41, 5.74) is 1.17. The molecule has 0 bridgehead atoms. The zero-order chi connectivity index (χ0) is 16.7. The molecule has 2 aromatic heterocycles. The molecule has 1 saturated heterocycles. The van der Waals surface area contributed by atoms with E-state index in [4.69, 9.17) is 0 Å². The van der Waals surface area contributed by atoms with Crippen molar-refractivity contribution in [2.45, 2.75) is 19.4 Å². The van der Waals surface area contributed by atoms with Gasteiger partial charge in [0.1, 0.15) is 22.5 Å². The summed E-state index contributed by atoms with van der Waals surface area (Å²) in [5, 5.41) is 4.31. The monoisotopic (exact) mass is 338 g/mol. The van der Waals surface area contributed by atoms with Crippen LogP contribution < -0.4 is 5.32 Å². The average molecular weight is 338 g/mol. The third kappa shape index (κ3) is 2.63. The van der Waals surface area contributed by atoms with Gasteiger partial charge in [-0.25, -0.2) is 9.97 Å². The van der Waals surface area contributed by atoms with Gasteiger partial charge in [0.2, 0.25) is 5.91 Å². The first-order valence-electron chi connectivity index (χ1n) is 7.97. The molecule has 0 radical (unpaired) electrons. The molecule has 1 aliphatic heterocycles. The van der Waals surface area contributed by atoms with Crippen LogP contribution in [0.5, 0.6) is 0 Å². The smallest absolute Gasteiger partial charge is 0.244 e. The Morgan fingerprint density at radius 2 is 2.04 bits per heavy atom. The van der Waals surface area contributed by atoms with Crippen molar-refractivity contribution in [2.75, 3.05) is 18.9 Å². The highest BCUT2D eigenvalue weighted by Gasteiger charge is 2.29. The summed E-state index contributed by atoms with van der Waals surface area (Å²) in [6, 6.07) is 12.2. The third-order valence-electron chi connectivity index (χ3n) is 4.30. The van der Waals surface area contributed by atoms with Gasteiger partial charge in [-0.1, -0.05) is 30.3 Å². The van der Waals surface area contributed by atoms with E-state index >= 15 is 0 Å². The van der Waals surface area contributed by atoms with E-state index in [2.05, 4.69) is 33.5 Å². The Morgan fingerprint density at radius 3 is 2.75 bits per heavy atom. The average Bonchev–Trinajstić information content (AvgIpc) is 3.14. The highest BCUT2D eigenvalue weighted by atomic mass is 32.1. The number of benzene rings is 1.